The molecule has 2 aromatic rings. The number of carbonyl (C=O) groups is 1. The van der Waals surface area contributed by atoms with E-state index in [1.165, 1.54) is 11.4 Å². The summed E-state index contributed by atoms with van der Waals surface area (Å²) in [5, 5.41) is 18.5. The van der Waals surface area contributed by atoms with Crippen LogP contribution in [0.1, 0.15) is 15.9 Å². The fourth-order valence-corrected chi connectivity index (χ4v) is 3.65. The van der Waals surface area contributed by atoms with Crippen molar-refractivity contribution in [3.05, 3.63) is 46.6 Å². The van der Waals surface area contributed by atoms with Crippen LogP contribution in [-0.2, 0) is 10.0 Å². The molecule has 1 aromatic heterocycles. The predicted molar refractivity (Wildman–Crippen MR) is 73.2 cm³/mol. The van der Waals surface area contributed by atoms with E-state index in [0.29, 0.717) is 11.3 Å². The Balaban J connectivity index is 2.33. The van der Waals surface area contributed by atoms with Gasteiger partial charge in [-0.1, -0.05) is 0 Å². The molecule has 2 rings (SSSR count). The molecule has 0 aliphatic rings. The average molecular weight is 326 g/mol. The minimum Gasteiger partial charge on any atom is -0.478 e. The van der Waals surface area contributed by atoms with Gasteiger partial charge in [-0.3, -0.25) is 4.72 Å². The number of hydrogen-bond acceptors (Lipinski definition) is 5. The van der Waals surface area contributed by atoms with Gasteiger partial charge >= 0.3 is 5.97 Å². The van der Waals surface area contributed by atoms with Gasteiger partial charge in [0.1, 0.15) is 10.0 Å². The fourth-order valence-electron chi connectivity index (χ4n) is 1.43. The lowest BCUT2D eigenvalue weighted by atomic mass is 10.2. The van der Waals surface area contributed by atoms with Crippen LogP contribution in [-0.4, -0.2) is 19.5 Å². The van der Waals surface area contributed by atoms with Gasteiger partial charge < -0.3 is 5.11 Å². The van der Waals surface area contributed by atoms with Crippen molar-refractivity contribution >= 4 is 33.0 Å². The van der Waals surface area contributed by atoms with E-state index in [0.717, 1.165) is 18.2 Å². The maximum atomic E-state index is 13.6. The van der Waals surface area contributed by atoms with Gasteiger partial charge in [0.15, 0.2) is 0 Å². The second-order valence-electron chi connectivity index (χ2n) is 3.87. The first-order valence-electron chi connectivity index (χ1n) is 5.38. The number of hydrogen-bond donors (Lipinski definition) is 2. The standard InChI is InChI=1S/C12H7FN2O4S2/c13-9-3-7(5-14)1-2-10(9)15-21(18,19)11-4-8(6-20-11)12(16)17/h1-4,6,15H,(H,16,17). The highest BCUT2D eigenvalue weighted by Crippen LogP contribution is 2.24. The normalized spacial score (nSPS) is 10.9. The van der Waals surface area contributed by atoms with Crippen molar-refractivity contribution in [2.75, 3.05) is 4.72 Å². The van der Waals surface area contributed by atoms with Gasteiger partial charge in [0, 0.05) is 5.38 Å². The lowest BCUT2D eigenvalue weighted by molar-refractivity contribution is 0.0697. The van der Waals surface area contributed by atoms with Crippen LogP contribution in [0.4, 0.5) is 10.1 Å². The maximum absolute atomic E-state index is 13.6. The summed E-state index contributed by atoms with van der Waals surface area (Å²) in [7, 11) is -4.09. The number of nitrogens with one attached hydrogen (secondary N) is 1. The summed E-state index contributed by atoms with van der Waals surface area (Å²) in [5.74, 6) is -2.15. The molecule has 0 saturated carbocycles. The number of aromatic carboxylic acids is 1. The maximum Gasteiger partial charge on any atom is 0.336 e. The third kappa shape index (κ3) is 3.18. The molecule has 0 radical (unpaired) electrons. The van der Waals surface area contributed by atoms with E-state index in [4.69, 9.17) is 10.4 Å². The van der Waals surface area contributed by atoms with Crippen LogP contribution in [0, 0.1) is 17.1 Å². The molecule has 2 N–H and O–H groups in total. The van der Waals surface area contributed by atoms with Crippen LogP contribution in [0.2, 0.25) is 0 Å². The number of halogens is 1. The lowest BCUT2D eigenvalue weighted by Gasteiger charge is -2.07. The van der Waals surface area contributed by atoms with Crippen LogP contribution in [0.3, 0.4) is 0 Å². The van der Waals surface area contributed by atoms with Gasteiger partial charge in [0.25, 0.3) is 10.0 Å². The second kappa shape index (κ2) is 5.51. The van der Waals surface area contributed by atoms with Crippen molar-refractivity contribution in [2.24, 2.45) is 0 Å². The van der Waals surface area contributed by atoms with E-state index < -0.39 is 21.8 Å². The summed E-state index contributed by atoms with van der Waals surface area (Å²) in [4.78, 5) is 10.7. The number of carboxylic acid groups (broad SMARTS) is 1. The van der Waals surface area contributed by atoms with Crippen LogP contribution >= 0.6 is 11.3 Å². The highest BCUT2D eigenvalue weighted by Gasteiger charge is 2.20. The highest BCUT2D eigenvalue weighted by molar-refractivity contribution is 7.94. The van der Waals surface area contributed by atoms with Gasteiger partial charge in [-0.25, -0.2) is 17.6 Å². The number of benzene rings is 1. The van der Waals surface area contributed by atoms with Crippen molar-refractivity contribution in [1.29, 1.82) is 5.26 Å². The monoisotopic (exact) mass is 326 g/mol. The number of thiophene rings is 1. The zero-order valence-electron chi connectivity index (χ0n) is 10.2. The molecule has 108 valence electrons. The minimum atomic E-state index is -4.09. The summed E-state index contributed by atoms with van der Waals surface area (Å²) in [6.45, 7) is 0. The lowest BCUT2D eigenvalue weighted by Crippen LogP contribution is -2.12. The Morgan fingerprint density at radius 2 is 2.10 bits per heavy atom. The molecule has 1 aromatic carbocycles. The van der Waals surface area contributed by atoms with E-state index >= 15 is 0 Å². The molecular formula is C12H7FN2O4S2. The molecule has 0 unspecified atom stereocenters. The van der Waals surface area contributed by atoms with E-state index in [9.17, 15) is 17.6 Å². The Morgan fingerprint density at radius 3 is 2.62 bits per heavy atom. The first kappa shape index (κ1) is 15.0. The van der Waals surface area contributed by atoms with E-state index in [1.807, 2.05) is 4.72 Å². The number of nitrogens with zero attached hydrogens (tertiary/aromatic N) is 1. The smallest absolute Gasteiger partial charge is 0.336 e. The second-order valence-corrected chi connectivity index (χ2v) is 6.69. The summed E-state index contributed by atoms with van der Waals surface area (Å²) in [6.07, 6.45) is 0. The van der Waals surface area contributed by atoms with Gasteiger partial charge in [0.05, 0.1) is 22.9 Å². The molecule has 1 heterocycles. The molecule has 6 nitrogen and oxygen atoms in total. The Morgan fingerprint density at radius 1 is 1.38 bits per heavy atom. The molecule has 0 atom stereocenters. The molecule has 9 heteroatoms. The highest BCUT2D eigenvalue weighted by atomic mass is 32.2. The fraction of sp³-hybridized carbons (Fsp3) is 0. The van der Waals surface area contributed by atoms with Crippen molar-refractivity contribution < 1.29 is 22.7 Å². The number of anilines is 1. The van der Waals surface area contributed by atoms with Crippen molar-refractivity contribution in [3.63, 3.8) is 0 Å². The SMILES string of the molecule is N#Cc1ccc(NS(=O)(=O)c2cc(C(=O)O)cs2)c(F)c1. The predicted octanol–water partition coefficient (Wildman–Crippen LogP) is 2.26. The summed E-state index contributed by atoms with van der Waals surface area (Å²) in [6, 6.07) is 5.99. The van der Waals surface area contributed by atoms with E-state index in [1.54, 1.807) is 6.07 Å². The summed E-state index contributed by atoms with van der Waals surface area (Å²) >= 11 is 0.711. The third-order valence-corrected chi connectivity index (χ3v) is 5.23. The molecular weight excluding hydrogens is 319 g/mol. The molecule has 0 aliphatic heterocycles. The zero-order valence-corrected chi connectivity index (χ0v) is 11.8. The minimum absolute atomic E-state index is 0.0553. The van der Waals surface area contributed by atoms with Crippen LogP contribution < -0.4 is 4.72 Å². The van der Waals surface area contributed by atoms with E-state index in [2.05, 4.69) is 0 Å². The van der Waals surface area contributed by atoms with Crippen molar-refractivity contribution in [3.8, 4) is 6.07 Å². The third-order valence-electron chi connectivity index (χ3n) is 2.43. The number of rotatable bonds is 4. The first-order chi connectivity index (χ1) is 9.83. The van der Waals surface area contributed by atoms with Gasteiger partial charge in [-0.05, 0) is 24.3 Å². The number of sulfonamides is 1. The molecule has 0 saturated heterocycles. The quantitative estimate of drug-likeness (QED) is 0.896. The molecule has 21 heavy (non-hydrogen) atoms. The first-order valence-corrected chi connectivity index (χ1v) is 7.74. The molecule has 0 spiro atoms. The summed E-state index contributed by atoms with van der Waals surface area (Å²) in [5.41, 5.74) is -0.431. The topological polar surface area (TPSA) is 107 Å². The Kier molecular flexibility index (Phi) is 3.93. The average Bonchev–Trinajstić information content (AvgIpc) is 2.91. The molecule has 0 aliphatic carbocycles. The Bertz CT molecular complexity index is 852. The van der Waals surface area contributed by atoms with Crippen molar-refractivity contribution in [2.45, 2.75) is 4.21 Å². The Hall–Kier alpha value is -2.44. The van der Waals surface area contributed by atoms with E-state index in [-0.39, 0.29) is 21.0 Å². The molecule has 0 amide bonds. The Labute approximate surface area is 123 Å². The molecule has 0 fully saturated rings. The largest absolute Gasteiger partial charge is 0.478 e. The van der Waals surface area contributed by atoms with Gasteiger partial charge in [-0.2, -0.15) is 5.26 Å². The van der Waals surface area contributed by atoms with Gasteiger partial charge in [0.2, 0.25) is 0 Å². The number of carboxylic acids is 1. The van der Waals surface area contributed by atoms with Gasteiger partial charge in [-0.15, -0.1) is 11.3 Å². The van der Waals surface area contributed by atoms with Crippen LogP contribution in [0.5, 0.6) is 0 Å². The van der Waals surface area contributed by atoms with Crippen molar-refractivity contribution in [1.82, 2.24) is 0 Å². The van der Waals surface area contributed by atoms with Crippen LogP contribution in [0.15, 0.2) is 33.9 Å². The molecule has 0 bridgehead atoms. The summed E-state index contributed by atoms with van der Waals surface area (Å²) < 4.78 is 39.5. The van der Waals surface area contributed by atoms with Crippen LogP contribution in [0.25, 0.3) is 0 Å². The number of nitriles is 1. The zero-order chi connectivity index (χ0) is 15.6.